The molecule has 0 N–H and O–H groups in total. The summed E-state index contributed by atoms with van der Waals surface area (Å²) < 4.78 is 34.4. The number of carbonyl (C=O) groups excluding carboxylic acids is 1. The zero-order valence-corrected chi connectivity index (χ0v) is 18.6. The van der Waals surface area contributed by atoms with Gasteiger partial charge in [-0.05, 0) is 43.9 Å². The summed E-state index contributed by atoms with van der Waals surface area (Å²) in [5, 5.41) is 0.808. The van der Waals surface area contributed by atoms with E-state index in [-0.39, 0.29) is 36.3 Å². The first-order chi connectivity index (χ1) is 14.3. The number of carbonyl (C=O) groups is 1. The van der Waals surface area contributed by atoms with Crippen LogP contribution in [0.25, 0.3) is 11.0 Å². The van der Waals surface area contributed by atoms with E-state index in [1.807, 2.05) is 19.9 Å². The van der Waals surface area contributed by atoms with Crippen LogP contribution < -0.4 is 10.4 Å². The van der Waals surface area contributed by atoms with Gasteiger partial charge in [0, 0.05) is 36.0 Å². The first kappa shape index (κ1) is 22.3. The fraction of sp³-hybridized carbons (Fsp3) is 0.545. The first-order valence-corrected chi connectivity index (χ1v) is 12.2. The molecule has 1 amide bonds. The van der Waals surface area contributed by atoms with Crippen LogP contribution in [0.1, 0.15) is 43.7 Å². The Hall–Kier alpha value is -2.35. The lowest BCUT2D eigenvalue weighted by molar-refractivity contribution is -0.133. The number of aryl methyl sites for hydroxylation is 1. The van der Waals surface area contributed by atoms with Crippen LogP contribution in [0.3, 0.4) is 0 Å². The molecule has 1 aliphatic heterocycles. The van der Waals surface area contributed by atoms with E-state index in [4.69, 9.17) is 9.15 Å². The largest absolute Gasteiger partial charge is 0.497 e. The summed E-state index contributed by atoms with van der Waals surface area (Å²) in [6.45, 7) is 4.43. The lowest BCUT2D eigenvalue weighted by Gasteiger charge is -2.28. The van der Waals surface area contributed by atoms with Crippen molar-refractivity contribution in [1.29, 1.82) is 0 Å². The summed E-state index contributed by atoms with van der Waals surface area (Å²) in [6.07, 6.45) is 2.63. The lowest BCUT2D eigenvalue weighted by atomic mass is 10.0. The molecule has 0 bridgehead atoms. The van der Waals surface area contributed by atoms with E-state index in [0.717, 1.165) is 23.8 Å². The molecule has 2 aromatic rings. The number of hydrogen-bond donors (Lipinski definition) is 0. The number of methoxy groups -OCH3 is 1. The molecule has 0 radical (unpaired) electrons. The number of benzene rings is 1. The Bertz CT molecular complexity index is 1090. The predicted molar refractivity (Wildman–Crippen MR) is 116 cm³/mol. The molecule has 30 heavy (non-hydrogen) atoms. The van der Waals surface area contributed by atoms with Crippen LogP contribution >= 0.6 is 0 Å². The number of sulfone groups is 1. The van der Waals surface area contributed by atoms with Crippen molar-refractivity contribution in [3.8, 4) is 5.75 Å². The normalized spacial score (nSPS) is 17.9. The summed E-state index contributed by atoms with van der Waals surface area (Å²) in [7, 11) is -1.53. The van der Waals surface area contributed by atoms with Gasteiger partial charge in [0.25, 0.3) is 0 Å². The van der Waals surface area contributed by atoms with E-state index < -0.39 is 15.5 Å². The zero-order chi connectivity index (χ0) is 21.9. The molecule has 2 heterocycles. The van der Waals surface area contributed by atoms with E-state index in [0.29, 0.717) is 29.9 Å². The van der Waals surface area contributed by atoms with Gasteiger partial charge in [0.05, 0.1) is 18.6 Å². The fourth-order valence-electron chi connectivity index (χ4n) is 4.03. The van der Waals surface area contributed by atoms with Crippen molar-refractivity contribution in [1.82, 2.24) is 4.90 Å². The Labute approximate surface area is 176 Å². The number of nitrogens with zero attached hydrogens (tertiary/aromatic N) is 1. The minimum Gasteiger partial charge on any atom is -0.497 e. The monoisotopic (exact) mass is 435 g/mol. The zero-order valence-electron chi connectivity index (χ0n) is 17.8. The SMILES string of the molecule is CCCCN(C(=O)CCc1c(C)c2ccc(OC)cc2oc1=O)C1CCS(=O)(=O)C1. The molecule has 1 atom stereocenters. The van der Waals surface area contributed by atoms with Gasteiger partial charge in [0.1, 0.15) is 11.3 Å². The summed E-state index contributed by atoms with van der Waals surface area (Å²) in [5.41, 5.74) is 1.27. The second kappa shape index (κ2) is 9.20. The standard InChI is InChI=1S/C22H29NO6S/c1-4-5-11-23(16-10-12-30(26,27)14-16)21(24)9-8-19-15(2)18-7-6-17(28-3)13-20(18)29-22(19)25/h6-7,13,16H,4-5,8-12,14H2,1-3H3. The van der Waals surface area contributed by atoms with Crippen LogP contribution in [-0.2, 0) is 21.1 Å². The average Bonchev–Trinajstić information content (AvgIpc) is 3.07. The van der Waals surface area contributed by atoms with Crippen LogP contribution in [-0.4, -0.2) is 50.4 Å². The summed E-state index contributed by atoms with van der Waals surface area (Å²) in [6, 6.07) is 5.05. The maximum atomic E-state index is 13.0. The summed E-state index contributed by atoms with van der Waals surface area (Å²) in [5.74, 6) is 0.650. The highest BCUT2D eigenvalue weighted by atomic mass is 32.2. The number of fused-ring (bicyclic) bond motifs is 1. The quantitative estimate of drug-likeness (QED) is 0.592. The van der Waals surface area contributed by atoms with Crippen molar-refractivity contribution in [3.63, 3.8) is 0 Å². The van der Waals surface area contributed by atoms with Crippen molar-refractivity contribution in [3.05, 3.63) is 39.7 Å². The third-order valence-corrected chi connectivity index (χ3v) is 7.56. The molecular weight excluding hydrogens is 406 g/mol. The van der Waals surface area contributed by atoms with Gasteiger partial charge >= 0.3 is 5.63 Å². The van der Waals surface area contributed by atoms with E-state index >= 15 is 0 Å². The molecular formula is C22H29NO6S. The van der Waals surface area contributed by atoms with Crippen LogP contribution in [0.15, 0.2) is 27.4 Å². The molecule has 7 nitrogen and oxygen atoms in total. The van der Waals surface area contributed by atoms with E-state index in [9.17, 15) is 18.0 Å². The number of unbranched alkanes of at least 4 members (excludes halogenated alkanes) is 1. The van der Waals surface area contributed by atoms with E-state index in [2.05, 4.69) is 0 Å². The maximum absolute atomic E-state index is 13.0. The first-order valence-electron chi connectivity index (χ1n) is 10.4. The van der Waals surface area contributed by atoms with E-state index in [1.54, 1.807) is 24.1 Å². The third kappa shape index (κ3) is 4.86. The van der Waals surface area contributed by atoms with Gasteiger partial charge in [0.15, 0.2) is 9.84 Å². The molecule has 0 aliphatic carbocycles. The Balaban J connectivity index is 1.79. The summed E-state index contributed by atoms with van der Waals surface area (Å²) >= 11 is 0. The van der Waals surface area contributed by atoms with Gasteiger partial charge in [-0.15, -0.1) is 0 Å². The van der Waals surface area contributed by atoms with Gasteiger partial charge in [-0.25, -0.2) is 13.2 Å². The van der Waals surface area contributed by atoms with Crippen LogP contribution in [0, 0.1) is 6.92 Å². The van der Waals surface area contributed by atoms with Crippen LogP contribution in [0.5, 0.6) is 5.75 Å². The second-order valence-electron chi connectivity index (χ2n) is 7.85. The minimum absolute atomic E-state index is 0.0292. The van der Waals surface area contributed by atoms with Crippen molar-refractivity contribution in [2.45, 2.75) is 52.0 Å². The van der Waals surface area contributed by atoms with Gasteiger partial charge in [0.2, 0.25) is 5.91 Å². The maximum Gasteiger partial charge on any atom is 0.339 e. The Kier molecular flexibility index (Phi) is 6.85. The van der Waals surface area contributed by atoms with Crippen molar-refractivity contribution in [2.75, 3.05) is 25.2 Å². The highest BCUT2D eigenvalue weighted by Gasteiger charge is 2.34. The highest BCUT2D eigenvalue weighted by molar-refractivity contribution is 7.91. The Morgan fingerprint density at radius 1 is 1.33 bits per heavy atom. The van der Waals surface area contributed by atoms with Crippen LogP contribution in [0.2, 0.25) is 0 Å². The van der Waals surface area contributed by atoms with Crippen LogP contribution in [0.4, 0.5) is 0 Å². The Morgan fingerprint density at radius 2 is 2.10 bits per heavy atom. The number of rotatable bonds is 8. The molecule has 8 heteroatoms. The Morgan fingerprint density at radius 3 is 2.73 bits per heavy atom. The molecule has 1 aromatic heterocycles. The van der Waals surface area contributed by atoms with Crippen molar-refractivity contribution in [2.24, 2.45) is 0 Å². The molecule has 1 saturated heterocycles. The molecule has 0 spiro atoms. The molecule has 1 unspecified atom stereocenters. The lowest BCUT2D eigenvalue weighted by Crippen LogP contribution is -2.42. The topological polar surface area (TPSA) is 93.9 Å². The fourth-order valence-corrected chi connectivity index (χ4v) is 5.76. The molecule has 1 aliphatic rings. The molecule has 1 aromatic carbocycles. The number of ether oxygens (including phenoxy) is 1. The molecule has 1 fully saturated rings. The van der Waals surface area contributed by atoms with Gasteiger partial charge in [-0.3, -0.25) is 4.79 Å². The molecule has 3 rings (SSSR count). The third-order valence-electron chi connectivity index (χ3n) is 5.81. The predicted octanol–water partition coefficient (Wildman–Crippen LogP) is 2.86. The van der Waals surface area contributed by atoms with E-state index in [1.165, 1.54) is 0 Å². The average molecular weight is 436 g/mol. The smallest absolute Gasteiger partial charge is 0.339 e. The minimum atomic E-state index is -3.08. The van der Waals surface area contributed by atoms with Crippen molar-refractivity contribution < 1.29 is 22.4 Å². The van der Waals surface area contributed by atoms with Gasteiger partial charge in [-0.2, -0.15) is 0 Å². The number of hydrogen-bond acceptors (Lipinski definition) is 6. The molecule has 0 saturated carbocycles. The van der Waals surface area contributed by atoms with Gasteiger partial charge in [-0.1, -0.05) is 13.3 Å². The highest BCUT2D eigenvalue weighted by Crippen LogP contribution is 2.25. The second-order valence-corrected chi connectivity index (χ2v) is 10.1. The molecule has 164 valence electrons. The van der Waals surface area contributed by atoms with Crippen molar-refractivity contribution >= 4 is 26.7 Å². The van der Waals surface area contributed by atoms with Gasteiger partial charge < -0.3 is 14.1 Å². The summed E-state index contributed by atoms with van der Waals surface area (Å²) in [4.78, 5) is 27.2. The number of amides is 1.